The first kappa shape index (κ1) is 14.1. The van der Waals surface area contributed by atoms with Gasteiger partial charge in [0, 0.05) is 33.1 Å². The molecule has 29 heavy (non-hydrogen) atoms. The molecule has 0 spiro atoms. The summed E-state index contributed by atoms with van der Waals surface area (Å²) in [7, 11) is 0. The van der Waals surface area contributed by atoms with E-state index in [4.69, 9.17) is 4.98 Å². The van der Waals surface area contributed by atoms with Crippen molar-refractivity contribution < 1.29 is 0 Å². The smallest absolute Gasteiger partial charge is 0.0955 e. The summed E-state index contributed by atoms with van der Waals surface area (Å²) in [6, 6.07) is 28.9. The maximum atomic E-state index is 4.89. The Kier molecular flexibility index (Phi) is 2.22. The summed E-state index contributed by atoms with van der Waals surface area (Å²) in [4.78, 5) is 4.89. The molecule has 4 aromatic carbocycles. The van der Waals surface area contributed by atoms with Crippen LogP contribution in [-0.4, -0.2) is 9.38 Å². The molecule has 4 aromatic heterocycles. The summed E-state index contributed by atoms with van der Waals surface area (Å²) < 4.78 is 2.46. The van der Waals surface area contributed by atoms with Gasteiger partial charge in [0.05, 0.1) is 22.1 Å². The highest BCUT2D eigenvalue weighted by molar-refractivity contribution is 6.30. The van der Waals surface area contributed by atoms with Crippen molar-refractivity contribution in [3.05, 3.63) is 85.1 Å². The molecule has 0 bridgehead atoms. The Labute approximate surface area is 165 Å². The van der Waals surface area contributed by atoms with Crippen LogP contribution in [0.25, 0.3) is 70.5 Å². The van der Waals surface area contributed by atoms with Crippen LogP contribution >= 0.6 is 0 Å². The van der Waals surface area contributed by atoms with Crippen LogP contribution < -0.4 is 0 Å². The summed E-state index contributed by atoms with van der Waals surface area (Å²) in [5.74, 6) is 0. The number of benzene rings is 4. The molecule has 0 amide bonds. The van der Waals surface area contributed by atoms with Crippen molar-refractivity contribution in [3.8, 4) is 0 Å². The molecule has 0 unspecified atom stereocenters. The van der Waals surface area contributed by atoms with Crippen LogP contribution in [0.3, 0.4) is 0 Å². The molecule has 0 atom stereocenters. The van der Waals surface area contributed by atoms with Gasteiger partial charge in [-0.1, -0.05) is 54.6 Å². The van der Waals surface area contributed by atoms with E-state index in [0.29, 0.717) is 0 Å². The monoisotopic (exact) mass is 366 g/mol. The van der Waals surface area contributed by atoms with E-state index >= 15 is 0 Å². The number of aromatic nitrogens is 2. The van der Waals surface area contributed by atoms with Gasteiger partial charge in [0.2, 0.25) is 0 Å². The highest BCUT2D eigenvalue weighted by Crippen LogP contribution is 2.43. The number of rotatable bonds is 0. The van der Waals surface area contributed by atoms with Crippen LogP contribution in [0.4, 0.5) is 0 Å². The number of pyridine rings is 3. The summed E-state index contributed by atoms with van der Waals surface area (Å²) in [5.41, 5.74) is 4.89. The Hall–Kier alpha value is -3.91. The summed E-state index contributed by atoms with van der Waals surface area (Å²) in [5, 5.41) is 11.6. The third-order valence-electron chi connectivity index (χ3n) is 6.66. The van der Waals surface area contributed by atoms with Gasteiger partial charge in [0.25, 0.3) is 0 Å². The lowest BCUT2D eigenvalue weighted by Crippen LogP contribution is -1.97. The van der Waals surface area contributed by atoms with E-state index in [2.05, 4.69) is 83.3 Å². The van der Waals surface area contributed by atoms with Crippen molar-refractivity contribution in [1.82, 2.24) is 9.38 Å². The second-order valence-electron chi connectivity index (χ2n) is 8.07. The average molecular weight is 366 g/mol. The molecule has 132 valence electrons. The maximum Gasteiger partial charge on any atom is 0.0955 e. The first-order valence-electron chi connectivity index (χ1n) is 9.99. The van der Waals surface area contributed by atoms with Crippen LogP contribution in [0.1, 0.15) is 0 Å². The Morgan fingerprint density at radius 1 is 0.552 bits per heavy atom. The fourth-order valence-corrected chi connectivity index (χ4v) is 5.46. The van der Waals surface area contributed by atoms with Gasteiger partial charge in [0.15, 0.2) is 0 Å². The largest absolute Gasteiger partial charge is 0.306 e. The quantitative estimate of drug-likeness (QED) is 0.206. The first-order valence-corrected chi connectivity index (χ1v) is 9.99. The van der Waals surface area contributed by atoms with E-state index in [1.54, 1.807) is 0 Å². The lowest BCUT2D eigenvalue weighted by molar-refractivity contribution is 1.33. The van der Waals surface area contributed by atoms with Gasteiger partial charge >= 0.3 is 0 Å². The summed E-state index contributed by atoms with van der Waals surface area (Å²) >= 11 is 0. The minimum atomic E-state index is 1.08. The Bertz CT molecular complexity index is 1910. The van der Waals surface area contributed by atoms with Crippen LogP contribution in [0, 0.1) is 0 Å². The zero-order valence-electron chi connectivity index (χ0n) is 15.5. The van der Waals surface area contributed by atoms with Crippen molar-refractivity contribution in [3.63, 3.8) is 0 Å². The Morgan fingerprint density at radius 2 is 1.34 bits per heavy atom. The minimum absolute atomic E-state index is 1.08. The topological polar surface area (TPSA) is 17.3 Å². The lowest BCUT2D eigenvalue weighted by atomic mass is 9.97. The van der Waals surface area contributed by atoms with E-state index in [1.807, 2.05) is 6.20 Å². The van der Waals surface area contributed by atoms with E-state index in [0.717, 1.165) is 5.52 Å². The van der Waals surface area contributed by atoms with Crippen molar-refractivity contribution >= 4 is 70.5 Å². The number of hydrogen-bond acceptors (Lipinski definition) is 1. The molecule has 8 rings (SSSR count). The zero-order chi connectivity index (χ0) is 18.7. The molecule has 2 heteroatoms. The molecule has 0 aliphatic carbocycles. The molecule has 0 saturated heterocycles. The van der Waals surface area contributed by atoms with Crippen LogP contribution in [0.15, 0.2) is 85.1 Å². The van der Waals surface area contributed by atoms with Gasteiger partial charge in [-0.25, -0.2) is 0 Å². The fraction of sp³-hybridized carbons (Fsp3) is 0. The van der Waals surface area contributed by atoms with Gasteiger partial charge in [0.1, 0.15) is 0 Å². The lowest BCUT2D eigenvalue weighted by Gasteiger charge is -2.17. The fourth-order valence-electron chi connectivity index (χ4n) is 5.46. The molecule has 4 heterocycles. The van der Waals surface area contributed by atoms with Gasteiger partial charge in [-0.05, 0) is 45.8 Å². The van der Waals surface area contributed by atoms with Crippen LogP contribution in [0.2, 0.25) is 0 Å². The summed E-state index contributed by atoms with van der Waals surface area (Å²) in [6.45, 7) is 0. The second-order valence-corrected chi connectivity index (χ2v) is 8.07. The molecular formula is C27H14N2. The second kappa shape index (κ2) is 4.56. The van der Waals surface area contributed by atoms with Gasteiger partial charge < -0.3 is 4.40 Å². The van der Waals surface area contributed by atoms with Gasteiger partial charge in [-0.15, -0.1) is 0 Å². The third kappa shape index (κ3) is 1.51. The zero-order valence-corrected chi connectivity index (χ0v) is 15.5. The maximum absolute atomic E-state index is 4.89. The third-order valence-corrected chi connectivity index (χ3v) is 6.66. The van der Waals surface area contributed by atoms with E-state index < -0.39 is 0 Å². The summed E-state index contributed by atoms with van der Waals surface area (Å²) in [6.07, 6.45) is 1.96. The number of nitrogens with zero attached hydrogens (tertiary/aromatic N) is 2. The molecule has 8 aromatic rings. The number of hydrogen-bond donors (Lipinski definition) is 0. The first-order chi connectivity index (χ1) is 14.4. The van der Waals surface area contributed by atoms with Crippen LogP contribution in [0.5, 0.6) is 0 Å². The molecule has 0 aliphatic heterocycles. The van der Waals surface area contributed by atoms with E-state index in [1.165, 1.54) is 65.0 Å². The van der Waals surface area contributed by atoms with Crippen molar-refractivity contribution in [2.24, 2.45) is 0 Å². The van der Waals surface area contributed by atoms with Gasteiger partial charge in [-0.2, -0.15) is 0 Å². The van der Waals surface area contributed by atoms with Crippen molar-refractivity contribution in [2.45, 2.75) is 0 Å². The Morgan fingerprint density at radius 3 is 2.24 bits per heavy atom. The minimum Gasteiger partial charge on any atom is -0.306 e. The average Bonchev–Trinajstić information content (AvgIpc) is 3.18. The molecule has 0 fully saturated rings. The predicted octanol–water partition coefficient (Wildman–Crippen LogP) is 7.13. The molecule has 0 saturated carbocycles. The van der Waals surface area contributed by atoms with Crippen molar-refractivity contribution in [2.75, 3.05) is 0 Å². The van der Waals surface area contributed by atoms with Gasteiger partial charge in [-0.3, -0.25) is 4.98 Å². The standard InChI is InChI=1S/C27H14N2/c1-2-5-17-13-22-21(12-16(17)4-1)23-14-18-9-8-15-6-3-7-19-20-10-11-28-25(22)27(20)29(23)26(18)24(15)19/h1-14H. The van der Waals surface area contributed by atoms with E-state index in [-0.39, 0.29) is 0 Å². The molecule has 0 radical (unpaired) electrons. The highest BCUT2D eigenvalue weighted by atomic mass is 14.9. The molecule has 0 aliphatic rings. The van der Waals surface area contributed by atoms with Crippen LogP contribution in [-0.2, 0) is 0 Å². The van der Waals surface area contributed by atoms with Crippen molar-refractivity contribution in [1.29, 1.82) is 0 Å². The molecular weight excluding hydrogens is 352 g/mol. The van der Waals surface area contributed by atoms with E-state index in [9.17, 15) is 0 Å². The number of fused-ring (bicyclic) bond motifs is 5. The predicted molar refractivity (Wildman–Crippen MR) is 123 cm³/mol. The highest BCUT2D eigenvalue weighted by Gasteiger charge is 2.20. The molecule has 2 nitrogen and oxygen atoms in total. The SMILES string of the molecule is c1ccc2cc3c(cc2c1)c1nccc2c4cccc5ccc6cc3n(c21)c6c54. The molecule has 0 N–H and O–H groups in total. The normalized spacial score (nSPS) is 12.8. The Balaban J connectivity index is 1.84.